The maximum atomic E-state index is 12.8. The Morgan fingerprint density at radius 1 is 1.35 bits per heavy atom. The van der Waals surface area contributed by atoms with Crippen LogP contribution in [0.1, 0.15) is 5.69 Å². The highest BCUT2D eigenvalue weighted by atomic mass is 32.2. The Hall–Kier alpha value is -1.87. The molecule has 0 aliphatic rings. The molecule has 0 amide bonds. The van der Waals surface area contributed by atoms with Crippen LogP contribution >= 0.6 is 0 Å². The van der Waals surface area contributed by atoms with Crippen molar-refractivity contribution in [3.63, 3.8) is 0 Å². The molecule has 0 aliphatic carbocycles. The van der Waals surface area contributed by atoms with Gasteiger partial charge in [-0.3, -0.25) is 4.79 Å². The first-order valence-electron chi connectivity index (χ1n) is 5.27. The van der Waals surface area contributed by atoms with Gasteiger partial charge in [-0.1, -0.05) is 0 Å². The van der Waals surface area contributed by atoms with Crippen molar-refractivity contribution in [3.05, 3.63) is 40.4 Å². The fraction of sp³-hybridized carbons (Fsp3) is 0.182. The fourth-order valence-corrected chi connectivity index (χ4v) is 1.91. The minimum Gasteiger partial charge on any atom is -0.609 e. The molecular formula is C11H8F3N3O2S. The molecule has 0 bridgehead atoms. The van der Waals surface area contributed by atoms with Crippen molar-refractivity contribution in [2.75, 3.05) is 6.26 Å². The van der Waals surface area contributed by atoms with Gasteiger partial charge in [0.25, 0.3) is 5.56 Å². The number of hydrogen-bond acceptors (Lipinski definition) is 4. The zero-order valence-corrected chi connectivity index (χ0v) is 10.9. The van der Waals surface area contributed by atoms with E-state index in [1.165, 1.54) is 18.3 Å². The second kappa shape index (κ2) is 5.25. The molecule has 0 radical (unpaired) electrons. The monoisotopic (exact) mass is 303 g/mol. The van der Waals surface area contributed by atoms with E-state index in [1.54, 1.807) is 0 Å². The van der Waals surface area contributed by atoms with Crippen molar-refractivity contribution < 1.29 is 17.7 Å². The van der Waals surface area contributed by atoms with E-state index in [0.29, 0.717) is 6.07 Å². The molecule has 0 fully saturated rings. The average molecular weight is 303 g/mol. The summed E-state index contributed by atoms with van der Waals surface area (Å²) in [5, 5.41) is -0.474. The molecule has 2 heterocycles. The van der Waals surface area contributed by atoms with E-state index >= 15 is 0 Å². The fourth-order valence-electron chi connectivity index (χ4n) is 1.46. The Balaban J connectivity index is 2.68. The van der Waals surface area contributed by atoms with Crippen LogP contribution in [0, 0.1) is 0 Å². The molecule has 0 saturated carbocycles. The van der Waals surface area contributed by atoms with E-state index < -0.39 is 33.8 Å². The predicted molar refractivity (Wildman–Crippen MR) is 65.4 cm³/mol. The van der Waals surface area contributed by atoms with Crippen molar-refractivity contribution >= 4 is 11.2 Å². The molecule has 0 spiro atoms. The van der Waals surface area contributed by atoms with Gasteiger partial charge in [0.1, 0.15) is 6.26 Å². The molecule has 5 nitrogen and oxygen atoms in total. The average Bonchev–Trinajstić information content (AvgIpc) is 2.37. The second-order valence-corrected chi connectivity index (χ2v) is 5.06. The molecule has 2 aromatic rings. The lowest BCUT2D eigenvalue weighted by Crippen LogP contribution is -2.16. The van der Waals surface area contributed by atoms with Gasteiger partial charge in [-0.25, -0.2) is 0 Å². The lowest BCUT2D eigenvalue weighted by molar-refractivity contribution is -0.141. The van der Waals surface area contributed by atoms with Gasteiger partial charge in [-0.15, -0.1) is 0 Å². The minimum absolute atomic E-state index is 0.0490. The molecule has 1 atom stereocenters. The summed E-state index contributed by atoms with van der Waals surface area (Å²) >= 11 is -1.80. The van der Waals surface area contributed by atoms with Gasteiger partial charge in [-0.2, -0.15) is 23.1 Å². The summed E-state index contributed by atoms with van der Waals surface area (Å²) < 4.78 is 49.6. The number of aromatic nitrogens is 3. The summed E-state index contributed by atoms with van der Waals surface area (Å²) in [6.45, 7) is 0. The van der Waals surface area contributed by atoms with Gasteiger partial charge in [0.15, 0.2) is 5.69 Å². The van der Waals surface area contributed by atoms with Crippen LogP contribution in [0.3, 0.4) is 0 Å². The summed E-state index contributed by atoms with van der Waals surface area (Å²) in [5.41, 5.74) is -2.10. The van der Waals surface area contributed by atoms with Crippen LogP contribution in [0.4, 0.5) is 13.2 Å². The standard InChI is InChI=1S/C11H8F3N3O2S/c1-20(19)10-16-7(5-8(17-10)11(12,13)14)6-3-2-4-15-9(6)18/h2-5H,1H3,(H,15,18). The van der Waals surface area contributed by atoms with E-state index in [4.69, 9.17) is 0 Å². The van der Waals surface area contributed by atoms with Crippen LogP contribution in [0.15, 0.2) is 34.3 Å². The minimum atomic E-state index is -4.71. The first kappa shape index (κ1) is 14.5. The summed E-state index contributed by atoms with van der Waals surface area (Å²) in [7, 11) is 0. The Bertz CT molecular complexity index is 685. The van der Waals surface area contributed by atoms with Crippen molar-refractivity contribution in [3.8, 4) is 11.3 Å². The van der Waals surface area contributed by atoms with E-state index in [-0.39, 0.29) is 11.3 Å². The Morgan fingerprint density at radius 3 is 2.60 bits per heavy atom. The van der Waals surface area contributed by atoms with Crippen molar-refractivity contribution in [2.45, 2.75) is 11.3 Å². The van der Waals surface area contributed by atoms with Crippen LogP contribution in [0.25, 0.3) is 11.3 Å². The normalized spacial score (nSPS) is 13.2. The number of hydrogen-bond donors (Lipinski definition) is 1. The van der Waals surface area contributed by atoms with Crippen molar-refractivity contribution in [1.29, 1.82) is 0 Å². The number of aromatic amines is 1. The summed E-state index contributed by atoms with van der Waals surface area (Å²) in [6.07, 6.45) is -2.21. The van der Waals surface area contributed by atoms with E-state index in [1.807, 2.05) is 0 Å². The van der Waals surface area contributed by atoms with Gasteiger partial charge in [0.2, 0.25) is 0 Å². The molecule has 2 aromatic heterocycles. The summed E-state index contributed by atoms with van der Waals surface area (Å²) in [5.74, 6) is 0. The molecule has 1 unspecified atom stereocenters. The predicted octanol–water partition coefficient (Wildman–Crippen LogP) is 1.59. The van der Waals surface area contributed by atoms with Crippen molar-refractivity contribution in [2.24, 2.45) is 0 Å². The Kier molecular flexibility index (Phi) is 3.82. The highest BCUT2D eigenvalue weighted by Gasteiger charge is 2.35. The maximum absolute atomic E-state index is 12.8. The first-order chi connectivity index (χ1) is 9.29. The van der Waals surface area contributed by atoms with Crippen molar-refractivity contribution in [1.82, 2.24) is 15.0 Å². The van der Waals surface area contributed by atoms with Crippen LogP contribution in [-0.4, -0.2) is 25.8 Å². The van der Waals surface area contributed by atoms with Gasteiger partial charge in [0, 0.05) is 17.4 Å². The SMILES string of the molecule is C[S+]([O-])c1nc(-c2ccc[nH]c2=O)cc(C(F)(F)F)n1. The van der Waals surface area contributed by atoms with E-state index in [9.17, 15) is 22.5 Å². The van der Waals surface area contributed by atoms with Crippen LogP contribution in [-0.2, 0) is 17.4 Å². The van der Waals surface area contributed by atoms with Gasteiger partial charge >= 0.3 is 11.3 Å². The molecule has 0 aromatic carbocycles. The van der Waals surface area contributed by atoms with Gasteiger partial charge in [0.05, 0.1) is 11.3 Å². The number of alkyl halides is 3. The largest absolute Gasteiger partial charge is 0.609 e. The molecule has 2 rings (SSSR count). The summed E-state index contributed by atoms with van der Waals surface area (Å²) in [4.78, 5) is 20.9. The Morgan fingerprint density at radius 2 is 2.05 bits per heavy atom. The molecule has 1 N–H and O–H groups in total. The lowest BCUT2D eigenvalue weighted by Gasteiger charge is -2.10. The third-order valence-corrected chi connectivity index (χ3v) is 3.04. The number of halogens is 3. The van der Waals surface area contributed by atoms with E-state index in [2.05, 4.69) is 15.0 Å². The number of H-pyrrole nitrogens is 1. The number of nitrogens with zero attached hydrogens (tertiary/aromatic N) is 2. The number of nitrogens with one attached hydrogen (secondary N) is 1. The zero-order valence-electron chi connectivity index (χ0n) is 10.1. The highest BCUT2D eigenvalue weighted by molar-refractivity contribution is 7.90. The third kappa shape index (κ3) is 2.99. The lowest BCUT2D eigenvalue weighted by atomic mass is 10.2. The first-order valence-corrected chi connectivity index (χ1v) is 6.82. The summed E-state index contributed by atoms with van der Waals surface area (Å²) in [6, 6.07) is 3.43. The smallest absolute Gasteiger partial charge is 0.433 e. The maximum Gasteiger partial charge on any atom is 0.433 e. The van der Waals surface area contributed by atoms with Crippen LogP contribution in [0.2, 0.25) is 0 Å². The van der Waals surface area contributed by atoms with Crippen LogP contribution in [0.5, 0.6) is 0 Å². The molecule has 0 aliphatic heterocycles. The highest BCUT2D eigenvalue weighted by Crippen LogP contribution is 2.30. The molecular weight excluding hydrogens is 295 g/mol. The Labute approximate surface area is 114 Å². The van der Waals surface area contributed by atoms with E-state index in [0.717, 1.165) is 6.26 Å². The zero-order chi connectivity index (χ0) is 14.9. The van der Waals surface area contributed by atoms with Gasteiger partial charge in [-0.05, 0) is 18.2 Å². The second-order valence-electron chi connectivity index (χ2n) is 3.79. The topological polar surface area (TPSA) is 81.7 Å². The number of rotatable bonds is 2. The van der Waals surface area contributed by atoms with Crippen LogP contribution < -0.4 is 5.56 Å². The molecule has 9 heteroatoms. The molecule has 106 valence electrons. The van der Waals surface area contributed by atoms with Gasteiger partial charge < -0.3 is 9.54 Å². The quantitative estimate of drug-likeness (QED) is 0.674. The third-order valence-electron chi connectivity index (χ3n) is 2.35. The molecule has 20 heavy (non-hydrogen) atoms. The number of pyridine rings is 1. The molecule has 0 saturated heterocycles.